The molecule has 2 unspecified atom stereocenters. The molecule has 7 aromatic rings. The van der Waals surface area contributed by atoms with Gasteiger partial charge in [-0.2, -0.15) is 9.97 Å². The molecular formula is C47H53BN10O8. The molecule has 0 bridgehead atoms. The lowest BCUT2D eigenvalue weighted by molar-refractivity contribution is -0.123. The highest BCUT2D eigenvalue weighted by Crippen LogP contribution is 2.38. The number of nitrogens with zero attached hydrogens (tertiary/aromatic N) is 5. The number of ether oxygens (including phenoxy) is 2. The van der Waals surface area contributed by atoms with E-state index in [0.717, 1.165) is 58.9 Å². The average molecular weight is 897 g/mol. The topological polar surface area (TPSA) is 252 Å². The SMILES string of the molecule is CC(C)CC(NC(=O)C(Cc1ccccc1)NC(=O)c1cnccn1)B(O)O.CNC(=O)c1ccc(Nc2nc(OC3CCCC3)c3c(-c4ccc5nc(C)oc5c4)c[nH]c3n2)c(OC)c1. The summed E-state index contributed by atoms with van der Waals surface area (Å²) in [5.74, 6) is 0.0658. The summed E-state index contributed by atoms with van der Waals surface area (Å²) < 4.78 is 17.8. The number of hydrogen-bond acceptors (Lipinski definition) is 14. The summed E-state index contributed by atoms with van der Waals surface area (Å²) in [6, 6.07) is 19.4. The number of benzene rings is 3. The largest absolute Gasteiger partial charge is 0.495 e. The van der Waals surface area contributed by atoms with Gasteiger partial charge in [-0.1, -0.05) is 50.2 Å². The van der Waals surface area contributed by atoms with Crippen LogP contribution in [-0.2, 0) is 11.2 Å². The smallest absolute Gasteiger partial charge is 0.475 e. The van der Waals surface area contributed by atoms with Crippen LogP contribution in [0.25, 0.3) is 33.3 Å². The zero-order valence-electron chi connectivity index (χ0n) is 37.4. The summed E-state index contributed by atoms with van der Waals surface area (Å²) in [5, 5.41) is 31.1. The van der Waals surface area contributed by atoms with Gasteiger partial charge in [0.2, 0.25) is 17.7 Å². The minimum Gasteiger partial charge on any atom is -0.495 e. The molecule has 2 atom stereocenters. The summed E-state index contributed by atoms with van der Waals surface area (Å²) in [5.41, 5.74) is 6.11. The lowest BCUT2D eigenvalue weighted by Crippen LogP contribution is -2.55. The van der Waals surface area contributed by atoms with Gasteiger partial charge in [0, 0.05) is 50.1 Å². The van der Waals surface area contributed by atoms with Crippen molar-refractivity contribution in [2.24, 2.45) is 5.92 Å². The highest BCUT2D eigenvalue weighted by molar-refractivity contribution is 6.43. The number of nitrogens with one attached hydrogen (secondary N) is 5. The van der Waals surface area contributed by atoms with Crippen molar-refractivity contribution in [2.45, 2.75) is 77.4 Å². The molecule has 3 aromatic carbocycles. The van der Waals surface area contributed by atoms with E-state index in [0.29, 0.717) is 46.8 Å². The Kier molecular flexibility index (Phi) is 15.2. The first kappa shape index (κ1) is 46.6. The molecule has 8 rings (SSSR count). The maximum Gasteiger partial charge on any atom is 0.475 e. The number of fused-ring (bicyclic) bond motifs is 2. The Morgan fingerprint density at radius 1 is 0.955 bits per heavy atom. The zero-order valence-corrected chi connectivity index (χ0v) is 37.4. The lowest BCUT2D eigenvalue weighted by atomic mass is 9.75. The van der Waals surface area contributed by atoms with Gasteiger partial charge in [-0.25, -0.2) is 9.97 Å². The van der Waals surface area contributed by atoms with Crippen LogP contribution in [-0.4, -0.2) is 97.0 Å². The molecule has 0 spiro atoms. The Labute approximate surface area is 381 Å². The summed E-state index contributed by atoms with van der Waals surface area (Å²) in [4.78, 5) is 62.4. The normalized spacial score (nSPS) is 13.4. The number of anilines is 2. The van der Waals surface area contributed by atoms with Crippen LogP contribution >= 0.6 is 0 Å². The minimum absolute atomic E-state index is 0.0919. The third-order valence-corrected chi connectivity index (χ3v) is 10.9. The predicted octanol–water partition coefficient (Wildman–Crippen LogP) is 5.87. The van der Waals surface area contributed by atoms with Gasteiger partial charge in [0.1, 0.15) is 34.8 Å². The Morgan fingerprint density at radius 2 is 1.74 bits per heavy atom. The fourth-order valence-electron chi connectivity index (χ4n) is 7.69. The van der Waals surface area contributed by atoms with Crippen molar-refractivity contribution in [3.8, 4) is 22.8 Å². The van der Waals surface area contributed by atoms with Crippen molar-refractivity contribution in [3.63, 3.8) is 0 Å². The van der Waals surface area contributed by atoms with Crippen molar-refractivity contribution in [1.29, 1.82) is 0 Å². The molecule has 1 saturated carbocycles. The summed E-state index contributed by atoms with van der Waals surface area (Å²) in [6.45, 7) is 5.67. The zero-order chi connectivity index (χ0) is 46.7. The van der Waals surface area contributed by atoms with Gasteiger partial charge >= 0.3 is 7.12 Å². The number of hydrogen-bond donors (Lipinski definition) is 7. The van der Waals surface area contributed by atoms with Gasteiger partial charge in [0.05, 0.1) is 30.3 Å². The van der Waals surface area contributed by atoms with Crippen LogP contribution in [0.4, 0.5) is 11.6 Å². The van der Waals surface area contributed by atoms with E-state index in [-0.39, 0.29) is 30.0 Å². The van der Waals surface area contributed by atoms with Crippen LogP contribution < -0.4 is 30.7 Å². The quantitative estimate of drug-likeness (QED) is 0.0561. The molecule has 1 aliphatic rings. The summed E-state index contributed by atoms with van der Waals surface area (Å²) in [6.07, 6.45) is 11.1. The lowest BCUT2D eigenvalue weighted by Gasteiger charge is -2.24. The molecular weight excluding hydrogens is 843 g/mol. The van der Waals surface area contributed by atoms with E-state index in [9.17, 15) is 24.4 Å². The Morgan fingerprint density at radius 3 is 2.44 bits per heavy atom. The molecule has 1 fully saturated rings. The standard InChI is InChI=1S/C28H28N6O4.C19H25BN4O4/c1-15-31-21-10-8-16(12-23(21)37-15)19-14-30-25-24(19)27(38-18-6-4-5-7-18)34-28(33-25)32-20-11-9-17(26(35)29-2)13-22(20)36-3;1-13(2)10-17(20(27)28)24-18(25)15(11-14-6-4-3-5-7-14)23-19(26)16-12-21-8-9-22-16/h8-14,18H,4-7H2,1-3H3,(H,29,35)(H2,30,32,33,34);3-9,12-13,15,17,27-28H,10-11H2,1-2H3,(H,23,26)(H,24,25). The number of oxazole rings is 1. The molecule has 18 nitrogen and oxygen atoms in total. The van der Waals surface area contributed by atoms with E-state index in [4.69, 9.17) is 23.9 Å². The van der Waals surface area contributed by atoms with Crippen LogP contribution in [0, 0.1) is 12.8 Å². The first-order chi connectivity index (χ1) is 31.9. The van der Waals surface area contributed by atoms with Crippen molar-refractivity contribution in [2.75, 3.05) is 19.5 Å². The van der Waals surface area contributed by atoms with Crippen molar-refractivity contribution >= 4 is 58.6 Å². The highest BCUT2D eigenvalue weighted by Gasteiger charge is 2.31. The molecule has 0 radical (unpaired) electrons. The van der Waals surface area contributed by atoms with E-state index in [2.05, 4.69) is 41.2 Å². The second-order valence-corrected chi connectivity index (χ2v) is 16.3. The number of rotatable bonds is 16. The number of amides is 3. The molecule has 7 N–H and O–H groups in total. The third kappa shape index (κ3) is 11.7. The Bertz CT molecular complexity index is 2760. The second kappa shape index (κ2) is 21.5. The number of aryl methyl sites for hydroxylation is 1. The molecule has 1 aliphatic carbocycles. The number of H-pyrrole nitrogens is 1. The fraction of sp³-hybridized carbons (Fsp3) is 0.319. The van der Waals surface area contributed by atoms with E-state index < -0.39 is 30.9 Å². The molecule has 4 aromatic heterocycles. The number of aromatic nitrogens is 6. The molecule has 4 heterocycles. The number of carbonyl (C=O) groups is 3. The van der Waals surface area contributed by atoms with E-state index >= 15 is 0 Å². The van der Waals surface area contributed by atoms with Crippen LogP contribution in [0.1, 0.15) is 78.3 Å². The van der Waals surface area contributed by atoms with Gasteiger partial charge in [-0.05, 0) is 79.5 Å². The molecule has 0 aliphatic heterocycles. The average Bonchev–Trinajstić information content (AvgIpc) is 4.09. The van der Waals surface area contributed by atoms with Crippen LogP contribution in [0.5, 0.6) is 11.6 Å². The van der Waals surface area contributed by atoms with Crippen LogP contribution in [0.2, 0.25) is 0 Å². The first-order valence-electron chi connectivity index (χ1n) is 21.8. The van der Waals surface area contributed by atoms with Crippen LogP contribution in [0.3, 0.4) is 0 Å². The molecule has 0 saturated heterocycles. The van der Waals surface area contributed by atoms with Crippen LogP contribution in [0.15, 0.2) is 95.9 Å². The van der Waals surface area contributed by atoms with Gasteiger partial charge < -0.3 is 50.2 Å². The third-order valence-electron chi connectivity index (χ3n) is 10.9. The van der Waals surface area contributed by atoms with Gasteiger partial charge in [-0.3, -0.25) is 19.4 Å². The molecule has 342 valence electrons. The maximum atomic E-state index is 12.8. The number of carbonyl (C=O) groups excluding carboxylic acids is 3. The van der Waals surface area contributed by atoms with Gasteiger partial charge in [0.15, 0.2) is 11.5 Å². The molecule has 19 heteroatoms. The Balaban J connectivity index is 0.000000207. The van der Waals surface area contributed by atoms with E-state index in [1.165, 1.54) is 18.6 Å². The van der Waals surface area contributed by atoms with Gasteiger partial charge in [0.25, 0.3) is 11.8 Å². The second-order valence-electron chi connectivity index (χ2n) is 16.3. The number of methoxy groups -OCH3 is 1. The fourth-order valence-corrected chi connectivity index (χ4v) is 7.69. The minimum atomic E-state index is -1.69. The van der Waals surface area contributed by atoms with Gasteiger partial charge in [-0.15, -0.1) is 0 Å². The van der Waals surface area contributed by atoms with Crippen molar-refractivity contribution < 1.29 is 38.3 Å². The number of aromatic amines is 1. The predicted molar refractivity (Wildman–Crippen MR) is 249 cm³/mol. The van der Waals surface area contributed by atoms with Crippen molar-refractivity contribution in [3.05, 3.63) is 114 Å². The highest BCUT2D eigenvalue weighted by atomic mass is 16.5. The maximum absolute atomic E-state index is 12.8. The van der Waals surface area contributed by atoms with E-state index in [1.54, 1.807) is 32.4 Å². The molecule has 66 heavy (non-hydrogen) atoms. The summed E-state index contributed by atoms with van der Waals surface area (Å²) in [7, 11) is 1.45. The molecule has 3 amide bonds. The monoisotopic (exact) mass is 896 g/mol. The van der Waals surface area contributed by atoms with E-state index in [1.807, 2.05) is 75.5 Å². The first-order valence-corrected chi connectivity index (χ1v) is 21.8. The Hall–Kier alpha value is -7.38. The van der Waals surface area contributed by atoms with Crippen molar-refractivity contribution in [1.82, 2.24) is 45.9 Å². The summed E-state index contributed by atoms with van der Waals surface area (Å²) >= 11 is 0.